The molecule has 1 amide bonds. The third kappa shape index (κ3) is 2.92. The lowest BCUT2D eigenvalue weighted by molar-refractivity contribution is 0.0742. The molecule has 1 aromatic rings. The smallest absolute Gasteiger partial charge is 0.255 e. The highest BCUT2D eigenvalue weighted by Crippen LogP contribution is 2.26. The van der Waals surface area contributed by atoms with E-state index in [1.54, 1.807) is 0 Å². The van der Waals surface area contributed by atoms with Crippen molar-refractivity contribution in [3.05, 3.63) is 28.0 Å². The zero-order valence-electron chi connectivity index (χ0n) is 11.8. The first-order chi connectivity index (χ1) is 10.1. The predicted molar refractivity (Wildman–Crippen MR) is 83.6 cm³/mol. The molecule has 2 aliphatic rings. The van der Waals surface area contributed by atoms with Crippen molar-refractivity contribution in [2.75, 3.05) is 31.9 Å². The highest BCUT2D eigenvalue weighted by Gasteiger charge is 2.31. The van der Waals surface area contributed by atoms with Crippen LogP contribution in [0.1, 0.15) is 29.6 Å². The topological polar surface area (TPSA) is 49.6 Å². The molecule has 6 heteroatoms. The van der Waals surface area contributed by atoms with E-state index in [0.29, 0.717) is 16.1 Å². The van der Waals surface area contributed by atoms with E-state index in [1.807, 2.05) is 4.90 Å². The average molecular weight is 356 g/mol. The maximum absolute atomic E-state index is 13.4. The Hall–Kier alpha value is -1.14. The van der Waals surface area contributed by atoms with Crippen LogP contribution in [0.4, 0.5) is 10.1 Å². The van der Waals surface area contributed by atoms with E-state index in [4.69, 9.17) is 5.73 Å². The van der Waals surface area contributed by atoms with Crippen LogP contribution in [0.15, 0.2) is 16.6 Å². The van der Waals surface area contributed by atoms with Crippen molar-refractivity contribution in [3.8, 4) is 0 Å². The molecular weight excluding hydrogens is 337 g/mol. The van der Waals surface area contributed by atoms with E-state index in [9.17, 15) is 9.18 Å². The second-order valence-electron chi connectivity index (χ2n) is 5.79. The van der Waals surface area contributed by atoms with Crippen LogP contribution in [0.25, 0.3) is 0 Å². The lowest BCUT2D eigenvalue weighted by atomic mass is 10.1. The number of hydrogen-bond acceptors (Lipinski definition) is 3. The van der Waals surface area contributed by atoms with E-state index in [-0.39, 0.29) is 11.6 Å². The van der Waals surface area contributed by atoms with Crippen molar-refractivity contribution in [2.45, 2.75) is 25.3 Å². The molecule has 2 fully saturated rings. The number of fused-ring (bicyclic) bond motifs is 1. The van der Waals surface area contributed by atoms with Gasteiger partial charge in [-0.15, -0.1) is 0 Å². The first kappa shape index (κ1) is 14.8. The van der Waals surface area contributed by atoms with Crippen molar-refractivity contribution in [3.63, 3.8) is 0 Å². The summed E-state index contributed by atoms with van der Waals surface area (Å²) in [7, 11) is 0. The Kier molecular flexibility index (Phi) is 4.17. The maximum atomic E-state index is 13.4. The fourth-order valence-corrected chi connectivity index (χ4v) is 3.78. The summed E-state index contributed by atoms with van der Waals surface area (Å²) in [4.78, 5) is 17.1. The summed E-state index contributed by atoms with van der Waals surface area (Å²) in [6.45, 7) is 3.69. The number of carbonyl (C=O) groups excluding carboxylic acids is 1. The van der Waals surface area contributed by atoms with Crippen molar-refractivity contribution in [1.82, 2.24) is 9.80 Å². The number of amides is 1. The molecule has 0 bridgehead atoms. The van der Waals surface area contributed by atoms with Gasteiger partial charge in [0.2, 0.25) is 0 Å². The van der Waals surface area contributed by atoms with E-state index in [2.05, 4.69) is 20.8 Å². The molecule has 0 aromatic heterocycles. The molecule has 1 atom stereocenters. The lowest BCUT2D eigenvalue weighted by Crippen LogP contribution is -2.39. The lowest BCUT2D eigenvalue weighted by Gasteiger charge is -2.26. The highest BCUT2D eigenvalue weighted by molar-refractivity contribution is 9.10. The molecule has 2 N–H and O–H groups in total. The van der Waals surface area contributed by atoms with Gasteiger partial charge in [-0.3, -0.25) is 9.69 Å². The highest BCUT2D eigenvalue weighted by atomic mass is 79.9. The molecule has 1 unspecified atom stereocenters. The van der Waals surface area contributed by atoms with Crippen molar-refractivity contribution in [1.29, 1.82) is 0 Å². The van der Waals surface area contributed by atoms with Gasteiger partial charge in [-0.25, -0.2) is 4.39 Å². The summed E-state index contributed by atoms with van der Waals surface area (Å²) in [5.41, 5.74) is 6.06. The Morgan fingerprint density at radius 3 is 2.86 bits per heavy atom. The molecule has 2 heterocycles. The molecule has 0 saturated carbocycles. The second-order valence-corrected chi connectivity index (χ2v) is 6.64. The molecule has 114 valence electrons. The number of carbonyl (C=O) groups is 1. The van der Waals surface area contributed by atoms with Gasteiger partial charge in [-0.1, -0.05) is 0 Å². The number of anilines is 1. The van der Waals surface area contributed by atoms with Gasteiger partial charge in [0, 0.05) is 30.1 Å². The molecule has 4 nitrogen and oxygen atoms in total. The fraction of sp³-hybridized carbons (Fsp3) is 0.533. The van der Waals surface area contributed by atoms with Crippen molar-refractivity contribution < 1.29 is 9.18 Å². The maximum Gasteiger partial charge on any atom is 0.255 e. The third-order valence-electron chi connectivity index (χ3n) is 4.41. The summed E-state index contributed by atoms with van der Waals surface area (Å²) >= 11 is 3.27. The predicted octanol–water partition coefficient (Wildman–Crippen LogP) is 2.48. The first-order valence-electron chi connectivity index (χ1n) is 7.34. The monoisotopic (exact) mass is 355 g/mol. The van der Waals surface area contributed by atoms with Gasteiger partial charge in [0.15, 0.2) is 0 Å². The van der Waals surface area contributed by atoms with E-state index in [0.717, 1.165) is 39.0 Å². The Balaban J connectivity index is 1.82. The largest absolute Gasteiger partial charge is 0.396 e. The van der Waals surface area contributed by atoms with Crippen LogP contribution in [0, 0.1) is 5.82 Å². The van der Waals surface area contributed by atoms with Crippen molar-refractivity contribution >= 4 is 27.5 Å². The zero-order valence-corrected chi connectivity index (χ0v) is 13.4. The fourth-order valence-electron chi connectivity index (χ4n) is 3.29. The molecule has 0 aliphatic carbocycles. The van der Waals surface area contributed by atoms with Gasteiger partial charge in [0.05, 0.1) is 11.3 Å². The standard InChI is InChI=1S/C15H19BrFN3O/c16-12-8-13(17)14(18)7-11(12)15(21)20-6-2-5-19-4-1-3-10(19)9-20/h7-8,10H,1-6,9,18H2. The average Bonchev–Trinajstić information content (AvgIpc) is 2.79. The minimum Gasteiger partial charge on any atom is -0.396 e. The van der Waals surface area contributed by atoms with Gasteiger partial charge >= 0.3 is 0 Å². The molecule has 0 radical (unpaired) electrons. The number of nitrogens with zero attached hydrogens (tertiary/aromatic N) is 2. The number of nitrogen functional groups attached to an aromatic ring is 1. The minimum absolute atomic E-state index is 0.0128. The van der Waals surface area contributed by atoms with Gasteiger partial charge < -0.3 is 10.6 Å². The number of nitrogens with two attached hydrogens (primary N) is 1. The number of rotatable bonds is 1. The Morgan fingerprint density at radius 1 is 1.29 bits per heavy atom. The van der Waals surface area contributed by atoms with Crippen LogP contribution in [-0.4, -0.2) is 47.9 Å². The van der Waals surface area contributed by atoms with Crippen LogP contribution in [0.2, 0.25) is 0 Å². The van der Waals surface area contributed by atoms with Crippen LogP contribution >= 0.6 is 15.9 Å². The summed E-state index contributed by atoms with van der Waals surface area (Å²) in [5, 5.41) is 0. The third-order valence-corrected chi connectivity index (χ3v) is 5.06. The van der Waals surface area contributed by atoms with Crippen LogP contribution < -0.4 is 5.73 Å². The Labute approximate surface area is 132 Å². The number of halogens is 2. The van der Waals surface area contributed by atoms with Gasteiger partial charge in [0.25, 0.3) is 5.91 Å². The quantitative estimate of drug-likeness (QED) is 0.787. The second kappa shape index (κ2) is 5.93. The summed E-state index contributed by atoms with van der Waals surface area (Å²) in [6, 6.07) is 3.16. The first-order valence-corrected chi connectivity index (χ1v) is 8.13. The Bertz CT molecular complexity index is 566. The summed E-state index contributed by atoms with van der Waals surface area (Å²) in [6.07, 6.45) is 3.34. The van der Waals surface area contributed by atoms with Crippen LogP contribution in [0.3, 0.4) is 0 Å². The van der Waals surface area contributed by atoms with Gasteiger partial charge in [-0.2, -0.15) is 0 Å². The molecule has 3 rings (SSSR count). The van der Waals surface area contributed by atoms with Gasteiger partial charge in [-0.05, 0) is 53.9 Å². The van der Waals surface area contributed by atoms with Crippen LogP contribution in [0.5, 0.6) is 0 Å². The molecule has 0 spiro atoms. The normalized spacial score (nSPS) is 23.0. The minimum atomic E-state index is -0.503. The molecule has 2 saturated heterocycles. The van der Waals surface area contributed by atoms with Crippen LogP contribution in [-0.2, 0) is 0 Å². The summed E-state index contributed by atoms with van der Waals surface area (Å²) < 4.78 is 13.9. The van der Waals surface area contributed by atoms with E-state index < -0.39 is 5.82 Å². The van der Waals surface area contributed by atoms with Crippen molar-refractivity contribution in [2.24, 2.45) is 0 Å². The SMILES string of the molecule is Nc1cc(C(=O)N2CCCN3CCCC3C2)c(Br)cc1F. The molecular formula is C15H19BrFN3O. The summed E-state index contributed by atoms with van der Waals surface area (Å²) in [5.74, 6) is -0.571. The van der Waals surface area contributed by atoms with Gasteiger partial charge in [0.1, 0.15) is 5.82 Å². The number of hydrogen-bond donors (Lipinski definition) is 1. The molecule has 21 heavy (non-hydrogen) atoms. The van der Waals surface area contributed by atoms with E-state index in [1.165, 1.54) is 18.6 Å². The van der Waals surface area contributed by atoms with E-state index >= 15 is 0 Å². The zero-order chi connectivity index (χ0) is 15.0. The number of benzene rings is 1. The molecule has 1 aromatic carbocycles. The molecule has 2 aliphatic heterocycles. The Morgan fingerprint density at radius 2 is 2.05 bits per heavy atom.